The summed E-state index contributed by atoms with van der Waals surface area (Å²) in [6.45, 7) is 0. The summed E-state index contributed by atoms with van der Waals surface area (Å²) in [5.41, 5.74) is 11.7. The van der Waals surface area contributed by atoms with E-state index in [-0.39, 0.29) is 6.42 Å². The van der Waals surface area contributed by atoms with Crippen LogP contribution >= 0.6 is 0 Å². The Morgan fingerprint density at radius 3 is 2.06 bits per heavy atom. The molecule has 6 nitrogen and oxygen atoms in total. The van der Waals surface area contributed by atoms with E-state index in [1.54, 1.807) is 12.1 Å². The first-order chi connectivity index (χ1) is 8.53. The van der Waals surface area contributed by atoms with E-state index in [1.165, 1.54) is 21.3 Å². The van der Waals surface area contributed by atoms with E-state index in [9.17, 15) is 4.79 Å². The Morgan fingerprint density at radius 1 is 1.11 bits per heavy atom. The van der Waals surface area contributed by atoms with Gasteiger partial charge in [0, 0.05) is 24.1 Å². The van der Waals surface area contributed by atoms with Crippen molar-refractivity contribution in [2.45, 2.75) is 12.5 Å². The van der Waals surface area contributed by atoms with E-state index < -0.39 is 11.9 Å². The quantitative estimate of drug-likeness (QED) is 0.774. The smallest absolute Gasteiger partial charge is 0.219 e. The maximum Gasteiger partial charge on any atom is 0.219 e. The van der Waals surface area contributed by atoms with Gasteiger partial charge in [0.1, 0.15) is 5.75 Å². The Bertz CT molecular complexity index is 434. The fourth-order valence-electron chi connectivity index (χ4n) is 1.67. The Balaban J connectivity index is 3.20. The highest BCUT2D eigenvalue weighted by Gasteiger charge is 2.18. The van der Waals surface area contributed by atoms with Gasteiger partial charge >= 0.3 is 0 Å². The van der Waals surface area contributed by atoms with Crippen LogP contribution in [0.4, 0.5) is 0 Å². The zero-order valence-electron chi connectivity index (χ0n) is 10.7. The predicted octanol–water partition coefficient (Wildman–Crippen LogP) is 0.588. The normalized spacial score (nSPS) is 11.8. The van der Waals surface area contributed by atoms with E-state index in [1.807, 2.05) is 0 Å². The number of amides is 1. The number of methoxy groups -OCH3 is 3. The molecule has 0 aliphatic carbocycles. The lowest BCUT2D eigenvalue weighted by atomic mass is 10.0. The van der Waals surface area contributed by atoms with E-state index in [4.69, 9.17) is 25.7 Å². The molecule has 0 spiro atoms. The molecular formula is C12H18N2O4. The van der Waals surface area contributed by atoms with Crippen LogP contribution in [0.15, 0.2) is 12.1 Å². The summed E-state index contributed by atoms with van der Waals surface area (Å²) < 4.78 is 15.6. The average Bonchev–Trinajstić information content (AvgIpc) is 2.36. The highest BCUT2D eigenvalue weighted by atomic mass is 16.5. The van der Waals surface area contributed by atoms with Crippen LogP contribution < -0.4 is 25.7 Å². The van der Waals surface area contributed by atoms with Crippen molar-refractivity contribution < 1.29 is 19.0 Å². The summed E-state index contributed by atoms with van der Waals surface area (Å²) in [5.74, 6) is 1.11. The van der Waals surface area contributed by atoms with Gasteiger partial charge in [0.15, 0.2) is 11.5 Å². The third kappa shape index (κ3) is 3.04. The van der Waals surface area contributed by atoms with Gasteiger partial charge in [-0.3, -0.25) is 4.79 Å². The summed E-state index contributed by atoms with van der Waals surface area (Å²) in [7, 11) is 4.57. The third-order valence-corrected chi connectivity index (χ3v) is 2.56. The highest BCUT2D eigenvalue weighted by molar-refractivity contribution is 5.75. The van der Waals surface area contributed by atoms with Crippen molar-refractivity contribution in [1.82, 2.24) is 0 Å². The number of benzene rings is 1. The predicted molar refractivity (Wildman–Crippen MR) is 66.8 cm³/mol. The largest absolute Gasteiger partial charge is 0.496 e. The second-order valence-corrected chi connectivity index (χ2v) is 3.73. The molecule has 4 N–H and O–H groups in total. The number of hydrogen-bond donors (Lipinski definition) is 2. The first kappa shape index (κ1) is 14.1. The van der Waals surface area contributed by atoms with E-state index in [0.717, 1.165) is 0 Å². The molecule has 0 aliphatic rings. The van der Waals surface area contributed by atoms with Gasteiger partial charge in [-0.05, 0) is 6.07 Å². The number of rotatable bonds is 6. The molecule has 1 rings (SSSR count). The molecule has 0 aliphatic heterocycles. The molecule has 0 saturated carbocycles. The van der Waals surface area contributed by atoms with Crippen LogP contribution in [0.3, 0.4) is 0 Å². The molecule has 0 aromatic heterocycles. The van der Waals surface area contributed by atoms with Gasteiger partial charge in [-0.1, -0.05) is 0 Å². The van der Waals surface area contributed by atoms with Gasteiger partial charge in [-0.2, -0.15) is 0 Å². The molecular weight excluding hydrogens is 236 g/mol. The van der Waals surface area contributed by atoms with Crippen LogP contribution in [0, 0.1) is 0 Å². The van der Waals surface area contributed by atoms with Gasteiger partial charge in [0.25, 0.3) is 0 Å². The number of carbonyl (C=O) groups excluding carboxylic acids is 1. The van der Waals surface area contributed by atoms with Gasteiger partial charge in [0.2, 0.25) is 5.91 Å². The Labute approximate surface area is 106 Å². The van der Waals surface area contributed by atoms with Crippen LogP contribution in [0.5, 0.6) is 17.2 Å². The van der Waals surface area contributed by atoms with Crippen LogP contribution in [-0.4, -0.2) is 27.2 Å². The Hall–Kier alpha value is -1.95. The lowest BCUT2D eigenvalue weighted by Crippen LogP contribution is -2.21. The second-order valence-electron chi connectivity index (χ2n) is 3.73. The maximum absolute atomic E-state index is 10.9. The summed E-state index contributed by atoms with van der Waals surface area (Å²) in [6, 6.07) is 2.80. The zero-order chi connectivity index (χ0) is 13.7. The number of carbonyl (C=O) groups is 1. The van der Waals surface area contributed by atoms with Crippen LogP contribution in [-0.2, 0) is 4.79 Å². The number of hydrogen-bond acceptors (Lipinski definition) is 5. The van der Waals surface area contributed by atoms with Gasteiger partial charge in [-0.25, -0.2) is 0 Å². The fraction of sp³-hybridized carbons (Fsp3) is 0.417. The van der Waals surface area contributed by atoms with E-state index in [2.05, 4.69) is 0 Å². The molecule has 1 atom stereocenters. The van der Waals surface area contributed by atoms with Gasteiger partial charge in [-0.15, -0.1) is 0 Å². The average molecular weight is 254 g/mol. The third-order valence-electron chi connectivity index (χ3n) is 2.56. The first-order valence-electron chi connectivity index (χ1n) is 5.37. The van der Waals surface area contributed by atoms with Crippen molar-refractivity contribution in [2.75, 3.05) is 21.3 Å². The maximum atomic E-state index is 10.9. The molecule has 0 fully saturated rings. The lowest BCUT2D eigenvalue weighted by Gasteiger charge is -2.17. The van der Waals surface area contributed by atoms with Gasteiger partial charge < -0.3 is 25.7 Å². The Kier molecular flexibility index (Phi) is 4.79. The van der Waals surface area contributed by atoms with Crippen molar-refractivity contribution in [3.05, 3.63) is 17.7 Å². The number of nitrogens with two attached hydrogens (primary N) is 2. The molecule has 1 aromatic rings. The first-order valence-corrected chi connectivity index (χ1v) is 5.37. The molecule has 0 bridgehead atoms. The summed E-state index contributed by atoms with van der Waals surface area (Å²) in [5, 5.41) is 0. The lowest BCUT2D eigenvalue weighted by molar-refractivity contribution is -0.118. The fourth-order valence-corrected chi connectivity index (χ4v) is 1.67. The molecule has 0 saturated heterocycles. The van der Waals surface area contributed by atoms with Crippen LogP contribution in [0.25, 0.3) is 0 Å². The molecule has 6 heteroatoms. The molecule has 0 heterocycles. The molecule has 1 aromatic carbocycles. The number of primary amides is 1. The Morgan fingerprint density at radius 2 is 1.61 bits per heavy atom. The van der Waals surface area contributed by atoms with Gasteiger partial charge in [0.05, 0.1) is 21.3 Å². The molecule has 0 radical (unpaired) electrons. The second kappa shape index (κ2) is 6.11. The van der Waals surface area contributed by atoms with Crippen LogP contribution in [0.2, 0.25) is 0 Å². The van der Waals surface area contributed by atoms with E-state index in [0.29, 0.717) is 22.8 Å². The van der Waals surface area contributed by atoms with Crippen molar-refractivity contribution >= 4 is 5.91 Å². The minimum Gasteiger partial charge on any atom is -0.496 e. The van der Waals surface area contributed by atoms with Crippen molar-refractivity contribution in [3.8, 4) is 17.2 Å². The van der Waals surface area contributed by atoms with E-state index >= 15 is 0 Å². The molecule has 18 heavy (non-hydrogen) atoms. The zero-order valence-corrected chi connectivity index (χ0v) is 10.7. The van der Waals surface area contributed by atoms with Crippen molar-refractivity contribution in [2.24, 2.45) is 11.5 Å². The standard InChI is InChI=1S/C12H18N2O4/c1-16-9-6-11(18-3)10(17-2)4-7(9)8(13)5-12(14)15/h4,6,8H,5,13H2,1-3H3,(H2,14,15)/t8-/m0/s1. The summed E-state index contributed by atoms with van der Waals surface area (Å²) in [6.07, 6.45) is 0.0336. The highest BCUT2D eigenvalue weighted by Crippen LogP contribution is 2.37. The minimum atomic E-state index is -0.544. The SMILES string of the molecule is COc1cc(OC)c([C@@H](N)CC(N)=O)cc1OC. The molecule has 1 amide bonds. The summed E-state index contributed by atoms with van der Waals surface area (Å²) in [4.78, 5) is 10.9. The van der Waals surface area contributed by atoms with Crippen molar-refractivity contribution in [3.63, 3.8) is 0 Å². The molecule has 0 unspecified atom stereocenters. The summed E-state index contributed by atoms with van der Waals surface area (Å²) >= 11 is 0. The number of ether oxygens (including phenoxy) is 3. The topological polar surface area (TPSA) is 96.8 Å². The minimum absolute atomic E-state index is 0.0336. The van der Waals surface area contributed by atoms with Crippen molar-refractivity contribution in [1.29, 1.82) is 0 Å². The monoisotopic (exact) mass is 254 g/mol. The molecule has 100 valence electrons. The van der Waals surface area contributed by atoms with Crippen LogP contribution in [0.1, 0.15) is 18.0 Å².